The van der Waals surface area contributed by atoms with Gasteiger partial charge in [0, 0.05) is 29.3 Å². The highest BCUT2D eigenvalue weighted by Gasteiger charge is 2.21. The van der Waals surface area contributed by atoms with Crippen LogP contribution in [0.15, 0.2) is 46.9 Å². The molecule has 2 aromatic carbocycles. The minimum absolute atomic E-state index is 0.268. The van der Waals surface area contributed by atoms with Crippen LogP contribution >= 0.6 is 15.9 Å². The molecule has 0 aromatic heterocycles. The summed E-state index contributed by atoms with van der Waals surface area (Å²) in [6.07, 6.45) is 0.956. The zero-order chi connectivity index (χ0) is 14.7. The maximum absolute atomic E-state index is 5.73. The summed E-state index contributed by atoms with van der Waals surface area (Å²) in [4.78, 5) is 0. The second kappa shape index (κ2) is 6.50. The lowest BCUT2D eigenvalue weighted by atomic mass is 10.00. The largest absolute Gasteiger partial charge is 0.493 e. The van der Waals surface area contributed by atoms with Crippen LogP contribution in [-0.4, -0.2) is 13.7 Å². The normalized spacial score (nSPS) is 17.0. The van der Waals surface area contributed by atoms with Gasteiger partial charge in [0.2, 0.25) is 0 Å². The Morgan fingerprint density at radius 1 is 1.29 bits per heavy atom. The zero-order valence-electron chi connectivity index (χ0n) is 11.9. The molecule has 0 fully saturated rings. The van der Waals surface area contributed by atoms with E-state index in [0.717, 1.165) is 28.9 Å². The molecule has 1 N–H and O–H groups in total. The van der Waals surface area contributed by atoms with E-state index in [4.69, 9.17) is 9.47 Å². The van der Waals surface area contributed by atoms with E-state index in [-0.39, 0.29) is 6.04 Å². The number of halogens is 1. The number of fused-ring (bicyclic) bond motifs is 1. The number of benzene rings is 2. The van der Waals surface area contributed by atoms with Gasteiger partial charge in [-0.3, -0.25) is 0 Å². The van der Waals surface area contributed by atoms with E-state index in [9.17, 15) is 0 Å². The Balaban J connectivity index is 1.83. The third-order valence-electron chi connectivity index (χ3n) is 3.59. The smallest absolute Gasteiger partial charge is 0.124 e. The number of methoxy groups -OCH3 is 1. The van der Waals surface area contributed by atoms with E-state index in [1.807, 2.05) is 12.1 Å². The number of ether oxygens (including phenoxy) is 2. The fourth-order valence-electron chi connectivity index (χ4n) is 2.63. The number of anilines is 1. The lowest BCUT2D eigenvalue weighted by Gasteiger charge is -2.28. The van der Waals surface area contributed by atoms with Gasteiger partial charge >= 0.3 is 0 Å². The molecule has 2 aromatic rings. The van der Waals surface area contributed by atoms with Crippen molar-refractivity contribution in [3.05, 3.63) is 58.1 Å². The molecule has 21 heavy (non-hydrogen) atoms. The predicted molar refractivity (Wildman–Crippen MR) is 87.8 cm³/mol. The monoisotopic (exact) mass is 347 g/mol. The Hall–Kier alpha value is -1.52. The topological polar surface area (TPSA) is 30.5 Å². The van der Waals surface area contributed by atoms with Crippen molar-refractivity contribution in [1.29, 1.82) is 0 Å². The summed E-state index contributed by atoms with van der Waals surface area (Å²) in [7, 11) is 1.71. The molecule has 1 unspecified atom stereocenters. The van der Waals surface area contributed by atoms with Crippen molar-refractivity contribution in [3.8, 4) is 5.75 Å². The van der Waals surface area contributed by atoms with E-state index in [0.29, 0.717) is 6.61 Å². The van der Waals surface area contributed by atoms with Gasteiger partial charge in [-0.2, -0.15) is 0 Å². The van der Waals surface area contributed by atoms with Gasteiger partial charge in [-0.25, -0.2) is 0 Å². The van der Waals surface area contributed by atoms with Crippen LogP contribution in [0.1, 0.15) is 23.6 Å². The van der Waals surface area contributed by atoms with Crippen molar-refractivity contribution >= 4 is 21.6 Å². The Morgan fingerprint density at radius 2 is 2.19 bits per heavy atom. The highest BCUT2D eigenvalue weighted by atomic mass is 79.9. The van der Waals surface area contributed by atoms with Gasteiger partial charge in [-0.05, 0) is 35.9 Å². The molecule has 0 saturated carbocycles. The molecule has 110 valence electrons. The second-order valence-electron chi connectivity index (χ2n) is 5.15. The minimum Gasteiger partial charge on any atom is -0.493 e. The Bertz CT molecular complexity index is 630. The van der Waals surface area contributed by atoms with Gasteiger partial charge in [0.25, 0.3) is 0 Å². The molecule has 0 saturated heterocycles. The van der Waals surface area contributed by atoms with Crippen LogP contribution in [0.3, 0.4) is 0 Å². The summed E-state index contributed by atoms with van der Waals surface area (Å²) in [5.41, 5.74) is 3.49. The standard InChI is InChI=1S/C17H18BrNO2/c1-20-11-12-3-2-4-14(9-12)19-16-7-8-21-17-6-5-13(18)10-15(16)17/h2-6,9-10,16,19H,7-8,11H2,1H3. The van der Waals surface area contributed by atoms with Gasteiger partial charge in [-0.1, -0.05) is 28.1 Å². The SMILES string of the molecule is COCc1cccc(NC2CCOc3ccc(Br)cc32)c1. The summed E-state index contributed by atoms with van der Waals surface area (Å²) >= 11 is 3.54. The molecule has 0 aliphatic carbocycles. The van der Waals surface area contributed by atoms with Crippen molar-refractivity contribution in [1.82, 2.24) is 0 Å². The molecular formula is C17H18BrNO2. The highest BCUT2D eigenvalue weighted by Crippen LogP contribution is 2.36. The van der Waals surface area contributed by atoms with Crippen LogP contribution in [0, 0.1) is 0 Å². The maximum atomic E-state index is 5.73. The first kappa shape index (κ1) is 14.4. The van der Waals surface area contributed by atoms with Crippen molar-refractivity contribution < 1.29 is 9.47 Å². The molecular weight excluding hydrogens is 330 g/mol. The van der Waals surface area contributed by atoms with Gasteiger partial charge < -0.3 is 14.8 Å². The van der Waals surface area contributed by atoms with Gasteiger partial charge in [0.05, 0.1) is 19.3 Å². The number of hydrogen-bond donors (Lipinski definition) is 1. The average molecular weight is 348 g/mol. The fourth-order valence-corrected chi connectivity index (χ4v) is 3.01. The number of rotatable bonds is 4. The molecule has 1 heterocycles. The van der Waals surface area contributed by atoms with E-state index in [1.54, 1.807) is 7.11 Å². The van der Waals surface area contributed by atoms with Crippen LogP contribution in [0.2, 0.25) is 0 Å². The first-order valence-corrected chi connectivity index (χ1v) is 7.82. The summed E-state index contributed by atoms with van der Waals surface area (Å²) < 4.78 is 12.0. The quantitative estimate of drug-likeness (QED) is 0.881. The van der Waals surface area contributed by atoms with Crippen molar-refractivity contribution in [2.45, 2.75) is 19.1 Å². The summed E-state index contributed by atoms with van der Waals surface area (Å²) in [6, 6.07) is 14.8. The lowest BCUT2D eigenvalue weighted by Crippen LogP contribution is -2.20. The van der Waals surface area contributed by atoms with Crippen LogP contribution in [-0.2, 0) is 11.3 Å². The number of hydrogen-bond acceptors (Lipinski definition) is 3. The molecule has 0 bridgehead atoms. The zero-order valence-corrected chi connectivity index (χ0v) is 13.5. The summed E-state index contributed by atoms with van der Waals surface area (Å²) in [6.45, 7) is 1.37. The predicted octanol–water partition coefficient (Wildman–Crippen LogP) is 4.53. The van der Waals surface area contributed by atoms with Crippen LogP contribution in [0.5, 0.6) is 5.75 Å². The first-order chi connectivity index (χ1) is 10.3. The van der Waals surface area contributed by atoms with Crippen LogP contribution in [0.25, 0.3) is 0 Å². The van der Waals surface area contributed by atoms with Crippen molar-refractivity contribution in [2.75, 3.05) is 19.0 Å². The van der Waals surface area contributed by atoms with Crippen LogP contribution in [0.4, 0.5) is 5.69 Å². The van der Waals surface area contributed by atoms with Crippen molar-refractivity contribution in [2.24, 2.45) is 0 Å². The van der Waals surface area contributed by atoms with Gasteiger partial charge in [0.15, 0.2) is 0 Å². The van der Waals surface area contributed by atoms with E-state index in [2.05, 4.69) is 51.6 Å². The summed E-state index contributed by atoms with van der Waals surface area (Å²) in [5, 5.41) is 3.61. The second-order valence-corrected chi connectivity index (χ2v) is 6.07. The Labute approximate surface area is 133 Å². The Kier molecular flexibility index (Phi) is 4.46. The third kappa shape index (κ3) is 3.39. The molecule has 1 aliphatic rings. The van der Waals surface area contributed by atoms with Gasteiger partial charge in [-0.15, -0.1) is 0 Å². The molecule has 1 atom stereocenters. The third-order valence-corrected chi connectivity index (χ3v) is 4.08. The Morgan fingerprint density at radius 3 is 3.05 bits per heavy atom. The molecule has 0 amide bonds. The molecule has 3 rings (SSSR count). The lowest BCUT2D eigenvalue weighted by molar-refractivity contribution is 0.185. The first-order valence-electron chi connectivity index (χ1n) is 7.03. The summed E-state index contributed by atoms with van der Waals surface area (Å²) in [5.74, 6) is 0.968. The fraction of sp³-hybridized carbons (Fsp3) is 0.294. The van der Waals surface area contributed by atoms with E-state index >= 15 is 0 Å². The molecule has 3 nitrogen and oxygen atoms in total. The molecule has 0 spiro atoms. The van der Waals surface area contributed by atoms with E-state index < -0.39 is 0 Å². The number of nitrogens with one attached hydrogen (secondary N) is 1. The molecule has 1 aliphatic heterocycles. The average Bonchev–Trinajstić information content (AvgIpc) is 2.49. The minimum atomic E-state index is 0.268. The van der Waals surface area contributed by atoms with Gasteiger partial charge in [0.1, 0.15) is 5.75 Å². The maximum Gasteiger partial charge on any atom is 0.124 e. The van der Waals surface area contributed by atoms with E-state index in [1.165, 1.54) is 11.1 Å². The van der Waals surface area contributed by atoms with Crippen LogP contribution < -0.4 is 10.1 Å². The highest BCUT2D eigenvalue weighted by molar-refractivity contribution is 9.10. The van der Waals surface area contributed by atoms with Crippen molar-refractivity contribution in [3.63, 3.8) is 0 Å². The molecule has 0 radical (unpaired) electrons. The molecule has 4 heteroatoms.